The first kappa shape index (κ1) is 10.8. The summed E-state index contributed by atoms with van der Waals surface area (Å²) in [6.45, 7) is 0.737. The molecule has 0 atom stereocenters. The smallest absolute Gasteiger partial charge is 0.0878 e. The summed E-state index contributed by atoms with van der Waals surface area (Å²) in [4.78, 5) is 7.76. The first-order valence-electron chi connectivity index (χ1n) is 6.48. The Morgan fingerprint density at radius 2 is 2.12 bits per heavy atom. The van der Waals surface area contributed by atoms with Crippen molar-refractivity contribution in [3.05, 3.63) is 30.1 Å². The van der Waals surface area contributed by atoms with Crippen LogP contribution in [0.5, 0.6) is 0 Å². The molecule has 0 bridgehead atoms. The number of fused-ring (bicyclic) bond motifs is 1. The molecule has 1 aliphatic rings. The number of pyridine rings is 1. The molecule has 3 heteroatoms. The van der Waals surface area contributed by atoms with Crippen LogP contribution in [0.15, 0.2) is 24.5 Å². The number of nitrogens with zero attached hydrogens (tertiary/aromatic N) is 1. The fourth-order valence-electron chi connectivity index (χ4n) is 3.06. The van der Waals surface area contributed by atoms with Gasteiger partial charge in [-0.15, -0.1) is 0 Å². The van der Waals surface area contributed by atoms with E-state index in [0.29, 0.717) is 0 Å². The summed E-state index contributed by atoms with van der Waals surface area (Å²) in [5.74, 6) is 0. The summed E-state index contributed by atoms with van der Waals surface area (Å²) < 4.78 is 0. The van der Waals surface area contributed by atoms with Gasteiger partial charge >= 0.3 is 0 Å². The molecule has 1 saturated carbocycles. The van der Waals surface area contributed by atoms with Crippen molar-refractivity contribution in [1.82, 2.24) is 9.97 Å². The summed E-state index contributed by atoms with van der Waals surface area (Å²) >= 11 is 0. The standard InChI is InChI=1S/C14H19N3/c15-10-14(5-2-1-3-6-14)11-8-13-12(17-9-11)4-7-16-13/h4,7-9,16H,1-3,5-6,10,15H2. The second kappa shape index (κ2) is 4.15. The number of nitrogens with one attached hydrogen (secondary N) is 1. The highest BCUT2D eigenvalue weighted by Gasteiger charge is 2.32. The predicted molar refractivity (Wildman–Crippen MR) is 69.9 cm³/mol. The molecular formula is C14H19N3. The average Bonchev–Trinajstić information content (AvgIpc) is 2.86. The van der Waals surface area contributed by atoms with Crippen molar-refractivity contribution in [1.29, 1.82) is 0 Å². The number of H-pyrrole nitrogens is 1. The molecule has 0 aromatic carbocycles. The van der Waals surface area contributed by atoms with E-state index in [9.17, 15) is 0 Å². The van der Waals surface area contributed by atoms with Gasteiger partial charge in [-0.2, -0.15) is 0 Å². The van der Waals surface area contributed by atoms with Crippen molar-refractivity contribution >= 4 is 11.0 Å². The fourth-order valence-corrected chi connectivity index (χ4v) is 3.06. The summed E-state index contributed by atoms with van der Waals surface area (Å²) in [5, 5.41) is 0. The lowest BCUT2D eigenvalue weighted by Crippen LogP contribution is -2.37. The molecule has 2 aromatic heterocycles. The van der Waals surface area contributed by atoms with Crippen LogP contribution in [0.3, 0.4) is 0 Å². The van der Waals surface area contributed by atoms with Gasteiger partial charge in [0.25, 0.3) is 0 Å². The molecule has 3 N–H and O–H groups in total. The Bertz CT molecular complexity index is 509. The molecule has 0 saturated heterocycles. The molecule has 0 amide bonds. The monoisotopic (exact) mass is 229 g/mol. The van der Waals surface area contributed by atoms with Gasteiger partial charge < -0.3 is 10.7 Å². The lowest BCUT2D eigenvalue weighted by Gasteiger charge is -2.36. The molecule has 1 aliphatic carbocycles. The zero-order chi connectivity index (χ0) is 11.7. The van der Waals surface area contributed by atoms with Crippen LogP contribution in [0.2, 0.25) is 0 Å². The van der Waals surface area contributed by atoms with Crippen LogP contribution >= 0.6 is 0 Å². The Balaban J connectivity index is 2.04. The number of hydrogen-bond donors (Lipinski definition) is 2. The normalized spacial score (nSPS) is 19.6. The van der Waals surface area contributed by atoms with E-state index in [1.165, 1.54) is 37.7 Å². The molecule has 3 rings (SSSR count). The van der Waals surface area contributed by atoms with E-state index in [2.05, 4.69) is 16.0 Å². The molecule has 90 valence electrons. The third kappa shape index (κ3) is 1.75. The van der Waals surface area contributed by atoms with Gasteiger partial charge in [-0.3, -0.25) is 4.98 Å². The minimum absolute atomic E-state index is 0.171. The van der Waals surface area contributed by atoms with Crippen molar-refractivity contribution < 1.29 is 0 Å². The van der Waals surface area contributed by atoms with Crippen molar-refractivity contribution in [3.8, 4) is 0 Å². The maximum absolute atomic E-state index is 6.05. The van der Waals surface area contributed by atoms with Crippen LogP contribution in [0.25, 0.3) is 11.0 Å². The van der Waals surface area contributed by atoms with Gasteiger partial charge in [-0.1, -0.05) is 19.3 Å². The first-order chi connectivity index (χ1) is 8.34. The van der Waals surface area contributed by atoms with Crippen molar-refractivity contribution in [2.24, 2.45) is 5.73 Å². The van der Waals surface area contributed by atoms with Crippen molar-refractivity contribution in [2.75, 3.05) is 6.54 Å². The first-order valence-corrected chi connectivity index (χ1v) is 6.48. The minimum Gasteiger partial charge on any atom is -0.360 e. The highest BCUT2D eigenvalue weighted by Crippen LogP contribution is 2.38. The zero-order valence-electron chi connectivity index (χ0n) is 10.1. The molecular weight excluding hydrogens is 210 g/mol. The maximum Gasteiger partial charge on any atom is 0.0878 e. The van der Waals surface area contributed by atoms with E-state index in [1.54, 1.807) is 0 Å². The lowest BCUT2D eigenvalue weighted by atomic mass is 9.70. The minimum atomic E-state index is 0.171. The van der Waals surface area contributed by atoms with Crippen LogP contribution in [-0.2, 0) is 5.41 Å². The van der Waals surface area contributed by atoms with Gasteiger partial charge in [0.05, 0.1) is 11.0 Å². The lowest BCUT2D eigenvalue weighted by molar-refractivity contribution is 0.300. The number of aromatic amines is 1. The summed E-state index contributed by atoms with van der Waals surface area (Å²) in [7, 11) is 0. The molecule has 1 fully saturated rings. The van der Waals surface area contributed by atoms with E-state index in [-0.39, 0.29) is 5.41 Å². The van der Waals surface area contributed by atoms with Crippen LogP contribution in [0.1, 0.15) is 37.7 Å². The highest BCUT2D eigenvalue weighted by molar-refractivity contribution is 5.75. The molecule has 0 unspecified atom stereocenters. The van der Waals surface area contributed by atoms with E-state index in [1.807, 2.05) is 18.5 Å². The predicted octanol–water partition coefficient (Wildman–Crippen LogP) is 2.72. The van der Waals surface area contributed by atoms with E-state index >= 15 is 0 Å². The van der Waals surface area contributed by atoms with Gasteiger partial charge in [0.1, 0.15) is 0 Å². The molecule has 0 aliphatic heterocycles. The fraction of sp³-hybridized carbons (Fsp3) is 0.500. The summed E-state index contributed by atoms with van der Waals surface area (Å²) in [5.41, 5.74) is 9.70. The SMILES string of the molecule is NCC1(c2cnc3cc[nH]c3c2)CCCCC1. The number of aromatic nitrogens is 2. The molecule has 2 aromatic rings. The number of nitrogens with two attached hydrogens (primary N) is 1. The van der Waals surface area contributed by atoms with Crippen LogP contribution < -0.4 is 5.73 Å². The highest BCUT2D eigenvalue weighted by atomic mass is 14.8. The Morgan fingerprint density at radius 3 is 2.88 bits per heavy atom. The van der Waals surface area contributed by atoms with Crippen LogP contribution in [0, 0.1) is 0 Å². The van der Waals surface area contributed by atoms with Gasteiger partial charge in [0.2, 0.25) is 0 Å². The number of hydrogen-bond acceptors (Lipinski definition) is 2. The Morgan fingerprint density at radius 1 is 1.29 bits per heavy atom. The molecule has 0 spiro atoms. The van der Waals surface area contributed by atoms with E-state index in [0.717, 1.165) is 17.6 Å². The van der Waals surface area contributed by atoms with E-state index in [4.69, 9.17) is 5.73 Å². The Hall–Kier alpha value is -1.35. The second-order valence-corrected chi connectivity index (χ2v) is 5.18. The van der Waals surface area contributed by atoms with Crippen molar-refractivity contribution in [3.63, 3.8) is 0 Å². The van der Waals surface area contributed by atoms with Gasteiger partial charge in [-0.05, 0) is 30.5 Å². The van der Waals surface area contributed by atoms with Gasteiger partial charge in [0, 0.05) is 24.4 Å². The van der Waals surface area contributed by atoms with Crippen LogP contribution in [-0.4, -0.2) is 16.5 Å². The quantitative estimate of drug-likeness (QED) is 0.832. The molecule has 0 radical (unpaired) electrons. The van der Waals surface area contributed by atoms with Gasteiger partial charge in [0.15, 0.2) is 0 Å². The van der Waals surface area contributed by atoms with E-state index < -0.39 is 0 Å². The average molecular weight is 229 g/mol. The molecule has 17 heavy (non-hydrogen) atoms. The van der Waals surface area contributed by atoms with Crippen LogP contribution in [0.4, 0.5) is 0 Å². The third-order valence-corrected chi connectivity index (χ3v) is 4.21. The summed E-state index contributed by atoms with van der Waals surface area (Å²) in [6.07, 6.45) is 10.3. The Kier molecular flexibility index (Phi) is 2.63. The number of rotatable bonds is 2. The van der Waals surface area contributed by atoms with Crippen molar-refractivity contribution in [2.45, 2.75) is 37.5 Å². The topological polar surface area (TPSA) is 54.7 Å². The summed E-state index contributed by atoms with van der Waals surface area (Å²) in [6, 6.07) is 4.25. The zero-order valence-corrected chi connectivity index (χ0v) is 10.1. The third-order valence-electron chi connectivity index (χ3n) is 4.21. The van der Waals surface area contributed by atoms with Gasteiger partial charge in [-0.25, -0.2) is 0 Å². The second-order valence-electron chi connectivity index (χ2n) is 5.18. The Labute approximate surface area is 101 Å². The molecule has 2 heterocycles. The molecule has 3 nitrogen and oxygen atoms in total. The largest absolute Gasteiger partial charge is 0.360 e. The maximum atomic E-state index is 6.05.